The van der Waals surface area contributed by atoms with Crippen LogP contribution in [0.15, 0.2) is 42.6 Å². The van der Waals surface area contributed by atoms with Gasteiger partial charge >= 0.3 is 0 Å². The standard InChI is InChI=1S/C17H17N5O2S/c1-11-5-7-12(8-6-11)16-20-21-17(25)22(16)10-14(23)19-15-13(24-2)4-3-9-18-15/h3-9H,10H2,1-2H3,(H,21,25)(H,18,19,23). The maximum atomic E-state index is 12.4. The van der Waals surface area contributed by atoms with Crippen molar-refractivity contribution in [3.63, 3.8) is 0 Å². The summed E-state index contributed by atoms with van der Waals surface area (Å²) in [6, 6.07) is 11.3. The molecule has 2 N–H and O–H groups in total. The van der Waals surface area contributed by atoms with E-state index in [2.05, 4.69) is 20.5 Å². The second kappa shape index (κ2) is 7.27. The van der Waals surface area contributed by atoms with Crippen LogP contribution in [0.1, 0.15) is 5.56 Å². The first-order valence-corrected chi connectivity index (χ1v) is 8.00. The minimum Gasteiger partial charge on any atom is -0.493 e. The number of carbonyl (C=O) groups excluding carboxylic acids is 1. The topological polar surface area (TPSA) is 84.8 Å². The van der Waals surface area contributed by atoms with E-state index in [0.29, 0.717) is 22.2 Å². The molecule has 128 valence electrons. The van der Waals surface area contributed by atoms with E-state index < -0.39 is 0 Å². The number of nitrogens with zero attached hydrogens (tertiary/aromatic N) is 3. The van der Waals surface area contributed by atoms with E-state index in [0.717, 1.165) is 11.1 Å². The van der Waals surface area contributed by atoms with E-state index in [1.54, 1.807) is 22.9 Å². The number of aromatic amines is 1. The van der Waals surface area contributed by atoms with Crippen molar-refractivity contribution in [2.75, 3.05) is 12.4 Å². The van der Waals surface area contributed by atoms with Crippen molar-refractivity contribution in [1.29, 1.82) is 0 Å². The normalized spacial score (nSPS) is 10.5. The van der Waals surface area contributed by atoms with Crippen molar-refractivity contribution >= 4 is 23.9 Å². The molecule has 3 rings (SSSR count). The quantitative estimate of drug-likeness (QED) is 0.687. The highest BCUT2D eigenvalue weighted by molar-refractivity contribution is 7.71. The van der Waals surface area contributed by atoms with Crippen LogP contribution in [0.5, 0.6) is 5.75 Å². The van der Waals surface area contributed by atoms with E-state index in [1.165, 1.54) is 7.11 Å². The monoisotopic (exact) mass is 355 g/mol. The molecule has 0 aliphatic rings. The maximum Gasteiger partial charge on any atom is 0.245 e. The third-order valence-corrected chi connectivity index (χ3v) is 3.93. The van der Waals surface area contributed by atoms with Crippen molar-refractivity contribution in [3.8, 4) is 17.1 Å². The Kier molecular flexibility index (Phi) is 4.90. The summed E-state index contributed by atoms with van der Waals surface area (Å²) in [6.07, 6.45) is 1.58. The van der Waals surface area contributed by atoms with Gasteiger partial charge in [0.25, 0.3) is 0 Å². The van der Waals surface area contributed by atoms with E-state index in [4.69, 9.17) is 17.0 Å². The molecule has 1 aromatic carbocycles. The fourth-order valence-electron chi connectivity index (χ4n) is 2.35. The van der Waals surface area contributed by atoms with Gasteiger partial charge in [0.2, 0.25) is 5.91 Å². The summed E-state index contributed by atoms with van der Waals surface area (Å²) in [4.78, 5) is 16.5. The predicted molar refractivity (Wildman–Crippen MR) is 97.0 cm³/mol. The Balaban J connectivity index is 1.83. The second-order valence-electron chi connectivity index (χ2n) is 5.41. The van der Waals surface area contributed by atoms with Crippen LogP contribution in [0.3, 0.4) is 0 Å². The van der Waals surface area contributed by atoms with Gasteiger partial charge in [-0.1, -0.05) is 29.8 Å². The number of hydrogen-bond donors (Lipinski definition) is 2. The lowest BCUT2D eigenvalue weighted by Crippen LogP contribution is -2.20. The van der Waals surface area contributed by atoms with Crippen LogP contribution >= 0.6 is 12.2 Å². The third kappa shape index (κ3) is 3.74. The van der Waals surface area contributed by atoms with Gasteiger partial charge in [-0.3, -0.25) is 14.5 Å². The van der Waals surface area contributed by atoms with Crippen LogP contribution in [-0.4, -0.2) is 32.8 Å². The van der Waals surface area contributed by atoms with Crippen LogP contribution in [0, 0.1) is 11.7 Å². The van der Waals surface area contributed by atoms with Gasteiger partial charge in [0.05, 0.1) is 7.11 Å². The lowest BCUT2D eigenvalue weighted by Gasteiger charge is -2.10. The number of H-pyrrole nitrogens is 1. The van der Waals surface area contributed by atoms with Crippen LogP contribution < -0.4 is 10.1 Å². The molecule has 1 amide bonds. The number of benzene rings is 1. The van der Waals surface area contributed by atoms with E-state index in [1.807, 2.05) is 31.2 Å². The average Bonchev–Trinajstić information content (AvgIpc) is 2.97. The molecular formula is C17H17N5O2S. The lowest BCUT2D eigenvalue weighted by atomic mass is 10.1. The minimum absolute atomic E-state index is 0.0122. The average molecular weight is 355 g/mol. The van der Waals surface area contributed by atoms with Crippen molar-refractivity contribution in [1.82, 2.24) is 19.7 Å². The molecule has 2 heterocycles. The molecule has 0 saturated carbocycles. The highest BCUT2D eigenvalue weighted by Crippen LogP contribution is 2.21. The van der Waals surface area contributed by atoms with Crippen LogP contribution in [0.25, 0.3) is 11.4 Å². The molecule has 25 heavy (non-hydrogen) atoms. The summed E-state index contributed by atoms with van der Waals surface area (Å²) >= 11 is 5.25. The van der Waals surface area contributed by atoms with E-state index in [9.17, 15) is 4.79 Å². The summed E-state index contributed by atoms with van der Waals surface area (Å²) in [6.45, 7) is 2.02. The molecule has 0 spiro atoms. The van der Waals surface area contributed by atoms with E-state index in [-0.39, 0.29) is 12.5 Å². The fourth-order valence-corrected chi connectivity index (χ4v) is 2.55. The maximum absolute atomic E-state index is 12.4. The Labute approximate surface area is 149 Å². The van der Waals surface area contributed by atoms with Crippen molar-refractivity contribution in [2.24, 2.45) is 0 Å². The fraction of sp³-hybridized carbons (Fsp3) is 0.176. The van der Waals surface area contributed by atoms with Gasteiger partial charge in [0, 0.05) is 11.8 Å². The Morgan fingerprint density at radius 2 is 2.08 bits per heavy atom. The number of rotatable bonds is 5. The molecule has 7 nitrogen and oxygen atoms in total. The number of carbonyl (C=O) groups is 1. The predicted octanol–water partition coefficient (Wildman–Crippen LogP) is 2.96. The summed E-state index contributed by atoms with van der Waals surface area (Å²) in [5.74, 6) is 1.18. The van der Waals surface area contributed by atoms with Gasteiger partial charge in [-0.25, -0.2) is 4.98 Å². The number of nitrogens with one attached hydrogen (secondary N) is 2. The number of amides is 1. The number of methoxy groups -OCH3 is 1. The first-order chi connectivity index (χ1) is 12.1. The number of anilines is 1. The third-order valence-electron chi connectivity index (χ3n) is 3.62. The molecule has 3 aromatic rings. The highest BCUT2D eigenvalue weighted by Gasteiger charge is 2.14. The number of aromatic nitrogens is 4. The number of aryl methyl sites for hydroxylation is 1. The summed E-state index contributed by atoms with van der Waals surface area (Å²) in [5, 5.41) is 9.70. The Bertz CT molecular complexity index is 946. The number of hydrogen-bond acceptors (Lipinski definition) is 5. The summed E-state index contributed by atoms with van der Waals surface area (Å²) in [7, 11) is 1.52. The number of ether oxygens (including phenoxy) is 1. The molecule has 0 fully saturated rings. The van der Waals surface area contributed by atoms with Gasteiger partial charge in [-0.05, 0) is 31.3 Å². The molecule has 0 saturated heterocycles. The molecule has 0 aliphatic carbocycles. The first kappa shape index (κ1) is 16.8. The van der Waals surface area contributed by atoms with Gasteiger partial charge in [-0.2, -0.15) is 5.10 Å². The van der Waals surface area contributed by atoms with Crippen LogP contribution in [0.4, 0.5) is 5.82 Å². The summed E-state index contributed by atoms with van der Waals surface area (Å²) < 4.78 is 7.20. The van der Waals surface area contributed by atoms with Crippen LogP contribution in [0.2, 0.25) is 0 Å². The molecular weight excluding hydrogens is 338 g/mol. The van der Waals surface area contributed by atoms with Gasteiger partial charge in [0.1, 0.15) is 6.54 Å². The molecule has 0 radical (unpaired) electrons. The SMILES string of the molecule is COc1cccnc1NC(=O)Cn1c(-c2ccc(C)cc2)n[nH]c1=S. The Morgan fingerprint density at radius 1 is 1.32 bits per heavy atom. The van der Waals surface area contributed by atoms with Gasteiger partial charge in [0.15, 0.2) is 22.2 Å². The zero-order chi connectivity index (χ0) is 17.8. The van der Waals surface area contributed by atoms with E-state index >= 15 is 0 Å². The zero-order valence-electron chi connectivity index (χ0n) is 13.8. The van der Waals surface area contributed by atoms with Crippen molar-refractivity contribution in [3.05, 3.63) is 52.9 Å². The van der Waals surface area contributed by atoms with Gasteiger partial charge in [-0.15, -0.1) is 0 Å². The Morgan fingerprint density at radius 3 is 2.80 bits per heavy atom. The lowest BCUT2D eigenvalue weighted by molar-refractivity contribution is -0.116. The van der Waals surface area contributed by atoms with Crippen molar-refractivity contribution in [2.45, 2.75) is 13.5 Å². The summed E-state index contributed by atoms with van der Waals surface area (Å²) in [5.41, 5.74) is 2.02. The molecule has 0 aliphatic heterocycles. The molecule has 2 aromatic heterocycles. The van der Waals surface area contributed by atoms with Crippen molar-refractivity contribution < 1.29 is 9.53 Å². The number of pyridine rings is 1. The molecule has 0 atom stereocenters. The first-order valence-electron chi connectivity index (χ1n) is 7.59. The molecule has 8 heteroatoms. The molecule has 0 unspecified atom stereocenters. The Hall–Kier alpha value is -3.00. The minimum atomic E-state index is -0.275. The van der Waals surface area contributed by atoms with Gasteiger partial charge < -0.3 is 10.1 Å². The van der Waals surface area contributed by atoms with Crippen LogP contribution in [-0.2, 0) is 11.3 Å². The zero-order valence-corrected chi connectivity index (χ0v) is 14.6. The second-order valence-corrected chi connectivity index (χ2v) is 5.79. The highest BCUT2D eigenvalue weighted by atomic mass is 32.1. The largest absolute Gasteiger partial charge is 0.493 e. The smallest absolute Gasteiger partial charge is 0.245 e. The molecule has 0 bridgehead atoms.